The molecule has 0 atom stereocenters. The van der Waals surface area contributed by atoms with E-state index in [0.717, 1.165) is 21.2 Å². The molecule has 0 aliphatic carbocycles. The highest BCUT2D eigenvalue weighted by molar-refractivity contribution is 9.10. The third-order valence-corrected chi connectivity index (χ3v) is 5.30. The number of benzene rings is 3. The van der Waals surface area contributed by atoms with Crippen molar-refractivity contribution in [2.45, 2.75) is 26.6 Å². The van der Waals surface area contributed by atoms with Gasteiger partial charge < -0.3 is 19.9 Å². The fraction of sp³-hybridized carbons (Fsp3) is 0.208. The quantitative estimate of drug-likeness (QED) is 0.392. The Morgan fingerprint density at radius 1 is 0.968 bits per heavy atom. The van der Waals surface area contributed by atoms with Crippen molar-refractivity contribution in [3.05, 3.63) is 93.2 Å². The molecule has 0 aliphatic rings. The molecular weight excluding hydrogens is 465 g/mol. The molecule has 0 heterocycles. The Labute approximate surface area is 189 Å². The average Bonchev–Trinajstić information content (AvgIpc) is 2.76. The molecule has 0 saturated heterocycles. The van der Waals surface area contributed by atoms with Gasteiger partial charge in [0, 0.05) is 17.6 Å². The number of hydrogen-bond donors (Lipinski definition) is 2. The summed E-state index contributed by atoms with van der Waals surface area (Å²) in [5, 5.41) is 12.3. The smallest absolute Gasteiger partial charge is 0.335 e. The molecule has 0 spiro atoms. The second kappa shape index (κ2) is 10.9. The van der Waals surface area contributed by atoms with Crippen LogP contribution in [0, 0.1) is 5.82 Å². The maximum absolute atomic E-state index is 13.1. The van der Waals surface area contributed by atoms with E-state index >= 15 is 0 Å². The molecule has 3 rings (SSSR count). The van der Waals surface area contributed by atoms with Gasteiger partial charge in [-0.1, -0.05) is 40.2 Å². The molecule has 0 unspecified atom stereocenters. The highest BCUT2D eigenvalue weighted by atomic mass is 79.9. The maximum Gasteiger partial charge on any atom is 0.335 e. The number of rotatable bonds is 10. The van der Waals surface area contributed by atoms with Crippen LogP contribution in [0.25, 0.3) is 0 Å². The van der Waals surface area contributed by atoms with Crippen LogP contribution in [-0.4, -0.2) is 17.7 Å². The van der Waals surface area contributed by atoms with Gasteiger partial charge in [0.1, 0.15) is 12.4 Å². The lowest BCUT2D eigenvalue weighted by Gasteiger charge is -2.15. The summed E-state index contributed by atoms with van der Waals surface area (Å²) in [6.45, 7) is 3.89. The van der Waals surface area contributed by atoms with Crippen LogP contribution in [0.15, 0.2) is 65.1 Å². The van der Waals surface area contributed by atoms with Crippen molar-refractivity contribution in [3.8, 4) is 11.5 Å². The fourth-order valence-electron chi connectivity index (χ4n) is 2.94. The predicted octanol–water partition coefficient (Wildman–Crippen LogP) is 5.55. The second-order valence-corrected chi connectivity index (χ2v) is 7.70. The zero-order chi connectivity index (χ0) is 22.2. The van der Waals surface area contributed by atoms with Gasteiger partial charge in [0.15, 0.2) is 11.5 Å². The summed E-state index contributed by atoms with van der Waals surface area (Å²) >= 11 is 3.59. The molecular formula is C24H23BrFNO4. The second-order valence-electron chi connectivity index (χ2n) is 6.84. The molecule has 5 nitrogen and oxygen atoms in total. The van der Waals surface area contributed by atoms with Gasteiger partial charge in [-0.05, 0) is 60.0 Å². The van der Waals surface area contributed by atoms with E-state index in [4.69, 9.17) is 14.6 Å². The van der Waals surface area contributed by atoms with E-state index in [0.29, 0.717) is 37.8 Å². The Morgan fingerprint density at radius 3 is 2.26 bits per heavy atom. The topological polar surface area (TPSA) is 67.8 Å². The van der Waals surface area contributed by atoms with Crippen LogP contribution in [0.5, 0.6) is 11.5 Å². The van der Waals surface area contributed by atoms with Gasteiger partial charge in [0.25, 0.3) is 0 Å². The lowest BCUT2D eigenvalue weighted by Crippen LogP contribution is -2.13. The van der Waals surface area contributed by atoms with Gasteiger partial charge in [0.2, 0.25) is 0 Å². The Balaban J connectivity index is 1.64. The Morgan fingerprint density at radius 2 is 1.61 bits per heavy atom. The molecule has 31 heavy (non-hydrogen) atoms. The van der Waals surface area contributed by atoms with Crippen LogP contribution in [0.3, 0.4) is 0 Å². The summed E-state index contributed by atoms with van der Waals surface area (Å²) < 4.78 is 25.6. The van der Waals surface area contributed by atoms with Crippen molar-refractivity contribution in [3.63, 3.8) is 0 Å². The third-order valence-electron chi connectivity index (χ3n) is 4.57. The van der Waals surface area contributed by atoms with Crippen molar-refractivity contribution >= 4 is 21.9 Å². The predicted molar refractivity (Wildman–Crippen MR) is 120 cm³/mol. The van der Waals surface area contributed by atoms with Gasteiger partial charge >= 0.3 is 5.97 Å². The summed E-state index contributed by atoms with van der Waals surface area (Å²) in [5.41, 5.74) is 3.12. The van der Waals surface area contributed by atoms with E-state index in [-0.39, 0.29) is 11.4 Å². The first-order chi connectivity index (χ1) is 15.0. The summed E-state index contributed by atoms with van der Waals surface area (Å²) in [7, 11) is 0. The Bertz CT molecular complexity index is 1020. The van der Waals surface area contributed by atoms with Crippen molar-refractivity contribution < 1.29 is 23.8 Å². The Hall–Kier alpha value is -2.90. The zero-order valence-corrected chi connectivity index (χ0v) is 18.6. The first-order valence-electron chi connectivity index (χ1n) is 9.81. The van der Waals surface area contributed by atoms with E-state index in [2.05, 4.69) is 21.2 Å². The minimum absolute atomic E-state index is 0.268. The van der Waals surface area contributed by atoms with E-state index < -0.39 is 5.97 Å². The zero-order valence-electron chi connectivity index (χ0n) is 17.0. The lowest BCUT2D eigenvalue weighted by atomic mass is 10.1. The molecule has 0 fully saturated rings. The summed E-state index contributed by atoms with van der Waals surface area (Å²) in [4.78, 5) is 10.9. The number of nitrogens with one attached hydrogen (secondary N) is 1. The van der Waals surface area contributed by atoms with E-state index in [1.807, 2.05) is 19.1 Å². The first-order valence-corrected chi connectivity index (χ1v) is 10.6. The molecule has 0 bridgehead atoms. The van der Waals surface area contributed by atoms with Crippen molar-refractivity contribution in [2.24, 2.45) is 0 Å². The van der Waals surface area contributed by atoms with Gasteiger partial charge in [-0.2, -0.15) is 0 Å². The van der Waals surface area contributed by atoms with Crippen LogP contribution >= 0.6 is 15.9 Å². The first kappa shape index (κ1) is 22.8. The van der Waals surface area contributed by atoms with Gasteiger partial charge in [-0.3, -0.25) is 0 Å². The molecule has 0 saturated carbocycles. The maximum atomic E-state index is 13.1. The molecule has 0 aromatic heterocycles. The number of carbonyl (C=O) groups is 1. The molecule has 0 radical (unpaired) electrons. The normalized spacial score (nSPS) is 10.7. The summed E-state index contributed by atoms with van der Waals surface area (Å²) in [5.74, 6) is 0.0197. The van der Waals surface area contributed by atoms with Crippen molar-refractivity contribution in [1.29, 1.82) is 0 Å². The van der Waals surface area contributed by atoms with Crippen LogP contribution in [-0.2, 0) is 19.7 Å². The molecule has 162 valence electrons. The number of hydrogen-bond acceptors (Lipinski definition) is 4. The fourth-order valence-corrected chi connectivity index (χ4v) is 3.40. The van der Waals surface area contributed by atoms with E-state index in [9.17, 15) is 9.18 Å². The summed E-state index contributed by atoms with van der Waals surface area (Å²) in [6, 6.07) is 16.8. The van der Waals surface area contributed by atoms with Crippen LogP contribution in [0.1, 0.15) is 34.0 Å². The molecule has 3 aromatic rings. The van der Waals surface area contributed by atoms with Crippen LogP contribution in [0.4, 0.5) is 4.39 Å². The van der Waals surface area contributed by atoms with Crippen LogP contribution in [0.2, 0.25) is 0 Å². The number of ether oxygens (including phenoxy) is 2. The van der Waals surface area contributed by atoms with Crippen molar-refractivity contribution in [1.82, 2.24) is 5.32 Å². The Kier molecular flexibility index (Phi) is 8.03. The molecule has 2 N–H and O–H groups in total. The third kappa shape index (κ3) is 6.54. The highest BCUT2D eigenvalue weighted by Gasteiger charge is 2.12. The number of carboxylic acid groups (broad SMARTS) is 1. The number of halogens is 2. The molecule has 3 aromatic carbocycles. The molecule has 0 amide bonds. The van der Waals surface area contributed by atoms with E-state index in [1.54, 1.807) is 36.4 Å². The molecule has 0 aliphatic heterocycles. The number of aromatic carboxylic acids is 1. The van der Waals surface area contributed by atoms with Gasteiger partial charge in [-0.25, -0.2) is 9.18 Å². The monoisotopic (exact) mass is 487 g/mol. The van der Waals surface area contributed by atoms with Gasteiger partial charge in [0.05, 0.1) is 12.2 Å². The minimum atomic E-state index is -0.936. The average molecular weight is 488 g/mol. The SMILES string of the molecule is CCOc1cc(CNCc2ccc(C(=O)O)cc2)c(Br)cc1OCc1ccc(F)cc1. The largest absolute Gasteiger partial charge is 0.490 e. The lowest BCUT2D eigenvalue weighted by molar-refractivity contribution is 0.0697. The minimum Gasteiger partial charge on any atom is -0.490 e. The van der Waals surface area contributed by atoms with Crippen LogP contribution < -0.4 is 14.8 Å². The van der Waals surface area contributed by atoms with Crippen molar-refractivity contribution in [2.75, 3.05) is 6.61 Å². The van der Waals surface area contributed by atoms with E-state index in [1.165, 1.54) is 12.1 Å². The number of carboxylic acids is 1. The van der Waals surface area contributed by atoms with Gasteiger partial charge in [-0.15, -0.1) is 0 Å². The summed E-state index contributed by atoms with van der Waals surface area (Å²) in [6.07, 6.45) is 0. The molecule has 7 heteroatoms. The standard InChI is InChI=1S/C24H23BrFNO4/c1-2-30-22-11-19(14-27-13-16-3-7-18(8-4-16)24(28)29)21(25)12-23(22)31-15-17-5-9-20(26)10-6-17/h3-12,27H,2,13-15H2,1H3,(H,28,29). The highest BCUT2D eigenvalue weighted by Crippen LogP contribution is 2.34.